The Labute approximate surface area is 123 Å². The summed E-state index contributed by atoms with van der Waals surface area (Å²) >= 11 is 6.25. The van der Waals surface area contributed by atoms with Crippen molar-refractivity contribution >= 4 is 17.5 Å². The molecule has 0 radical (unpaired) electrons. The predicted molar refractivity (Wildman–Crippen MR) is 80.4 cm³/mol. The number of hydrogen-bond donors (Lipinski definition) is 1. The fourth-order valence-electron chi connectivity index (χ4n) is 1.81. The fraction of sp³-hybridized carbons (Fsp3) is 0.188. The lowest BCUT2D eigenvalue weighted by Gasteiger charge is -2.11. The zero-order chi connectivity index (χ0) is 14.4. The summed E-state index contributed by atoms with van der Waals surface area (Å²) in [4.78, 5) is 12.0. The lowest BCUT2D eigenvalue weighted by Crippen LogP contribution is -2.26. The van der Waals surface area contributed by atoms with E-state index in [0.717, 1.165) is 11.3 Å². The van der Waals surface area contributed by atoms with Crippen LogP contribution >= 0.6 is 11.6 Å². The number of benzene rings is 2. The van der Waals surface area contributed by atoms with Gasteiger partial charge < -0.3 is 10.1 Å². The Morgan fingerprint density at radius 3 is 2.40 bits per heavy atom. The van der Waals surface area contributed by atoms with Gasteiger partial charge in [0, 0.05) is 12.1 Å². The Morgan fingerprint density at radius 1 is 1.15 bits per heavy atom. The van der Waals surface area contributed by atoms with Crippen LogP contribution in [0, 0.1) is 0 Å². The van der Waals surface area contributed by atoms with Gasteiger partial charge in [-0.15, -0.1) is 11.6 Å². The van der Waals surface area contributed by atoms with Crippen LogP contribution in [-0.4, -0.2) is 19.6 Å². The smallest absolute Gasteiger partial charge is 0.251 e. The summed E-state index contributed by atoms with van der Waals surface area (Å²) in [6, 6.07) is 16.6. The molecule has 2 aromatic rings. The molecule has 0 spiro atoms. The standard InChI is InChI=1S/C16H16ClNO2/c1-20-14-9-7-13(8-10-14)16(19)18-11-15(17)12-5-3-2-4-6-12/h2-10,15H,11H2,1H3,(H,18,19). The van der Waals surface area contributed by atoms with Crippen molar-refractivity contribution in [2.45, 2.75) is 5.38 Å². The first-order chi connectivity index (χ1) is 9.70. The third-order valence-electron chi connectivity index (χ3n) is 2.96. The molecule has 0 saturated heterocycles. The summed E-state index contributed by atoms with van der Waals surface area (Å²) < 4.78 is 5.05. The fourth-order valence-corrected chi connectivity index (χ4v) is 2.03. The predicted octanol–water partition coefficient (Wildman–Crippen LogP) is 3.41. The number of methoxy groups -OCH3 is 1. The van der Waals surface area contributed by atoms with Crippen LogP contribution in [0.1, 0.15) is 21.3 Å². The number of carbonyl (C=O) groups is 1. The van der Waals surface area contributed by atoms with Crippen LogP contribution in [0.2, 0.25) is 0 Å². The van der Waals surface area contributed by atoms with Crippen molar-refractivity contribution in [3.05, 3.63) is 65.7 Å². The lowest BCUT2D eigenvalue weighted by atomic mass is 10.1. The van der Waals surface area contributed by atoms with E-state index in [4.69, 9.17) is 16.3 Å². The molecule has 1 unspecified atom stereocenters. The van der Waals surface area contributed by atoms with E-state index in [1.807, 2.05) is 30.3 Å². The van der Waals surface area contributed by atoms with Crippen molar-refractivity contribution in [3.63, 3.8) is 0 Å². The van der Waals surface area contributed by atoms with Gasteiger partial charge in [0.15, 0.2) is 0 Å². The number of hydrogen-bond acceptors (Lipinski definition) is 2. The minimum Gasteiger partial charge on any atom is -0.497 e. The van der Waals surface area contributed by atoms with Gasteiger partial charge in [0.05, 0.1) is 12.5 Å². The Hall–Kier alpha value is -2.00. The van der Waals surface area contributed by atoms with Crippen molar-refractivity contribution in [2.24, 2.45) is 0 Å². The van der Waals surface area contributed by atoms with Crippen LogP contribution < -0.4 is 10.1 Å². The van der Waals surface area contributed by atoms with E-state index in [0.29, 0.717) is 12.1 Å². The molecule has 104 valence electrons. The summed E-state index contributed by atoms with van der Waals surface area (Å²) in [5.74, 6) is 0.579. The quantitative estimate of drug-likeness (QED) is 0.857. The van der Waals surface area contributed by atoms with Gasteiger partial charge in [0.25, 0.3) is 5.91 Å². The van der Waals surface area contributed by atoms with Gasteiger partial charge in [-0.05, 0) is 29.8 Å². The van der Waals surface area contributed by atoms with Gasteiger partial charge in [0.2, 0.25) is 0 Å². The minimum atomic E-state index is -0.238. The van der Waals surface area contributed by atoms with Crippen LogP contribution in [0.15, 0.2) is 54.6 Å². The van der Waals surface area contributed by atoms with Crippen molar-refractivity contribution in [3.8, 4) is 5.75 Å². The highest BCUT2D eigenvalue weighted by molar-refractivity contribution is 6.21. The summed E-state index contributed by atoms with van der Waals surface area (Å²) in [6.45, 7) is 0.385. The molecule has 1 atom stereocenters. The van der Waals surface area contributed by atoms with Crippen LogP contribution in [0.25, 0.3) is 0 Å². The number of alkyl halides is 1. The second-order valence-corrected chi connectivity index (χ2v) is 4.84. The van der Waals surface area contributed by atoms with E-state index >= 15 is 0 Å². The number of amides is 1. The highest BCUT2D eigenvalue weighted by Crippen LogP contribution is 2.19. The molecule has 20 heavy (non-hydrogen) atoms. The van der Waals surface area contributed by atoms with E-state index in [1.54, 1.807) is 31.4 Å². The first-order valence-corrected chi connectivity index (χ1v) is 6.75. The minimum absolute atomic E-state index is 0.144. The van der Waals surface area contributed by atoms with Crippen molar-refractivity contribution < 1.29 is 9.53 Å². The Bertz CT molecular complexity index is 554. The van der Waals surface area contributed by atoms with Gasteiger partial charge in [-0.2, -0.15) is 0 Å². The average Bonchev–Trinajstić information content (AvgIpc) is 2.53. The molecule has 0 fully saturated rings. The van der Waals surface area contributed by atoms with Crippen molar-refractivity contribution in [1.82, 2.24) is 5.32 Å². The second kappa shape index (κ2) is 6.96. The van der Waals surface area contributed by atoms with Gasteiger partial charge in [-0.1, -0.05) is 30.3 Å². The summed E-state index contributed by atoms with van der Waals surface area (Å²) in [5, 5.41) is 2.59. The molecule has 1 N–H and O–H groups in total. The maximum absolute atomic E-state index is 12.0. The largest absolute Gasteiger partial charge is 0.497 e. The normalized spacial score (nSPS) is 11.7. The lowest BCUT2D eigenvalue weighted by molar-refractivity contribution is 0.0953. The van der Waals surface area contributed by atoms with Crippen molar-refractivity contribution in [1.29, 1.82) is 0 Å². The van der Waals surface area contributed by atoms with E-state index in [-0.39, 0.29) is 11.3 Å². The van der Waals surface area contributed by atoms with E-state index < -0.39 is 0 Å². The average molecular weight is 290 g/mol. The maximum Gasteiger partial charge on any atom is 0.251 e. The zero-order valence-electron chi connectivity index (χ0n) is 11.2. The van der Waals surface area contributed by atoms with E-state index in [1.165, 1.54) is 0 Å². The molecule has 2 aromatic carbocycles. The second-order valence-electron chi connectivity index (χ2n) is 4.32. The van der Waals surface area contributed by atoms with E-state index in [9.17, 15) is 4.79 Å². The topological polar surface area (TPSA) is 38.3 Å². The SMILES string of the molecule is COc1ccc(C(=O)NCC(Cl)c2ccccc2)cc1. The summed E-state index contributed by atoms with van der Waals surface area (Å²) in [7, 11) is 1.59. The molecule has 0 aliphatic carbocycles. The third kappa shape index (κ3) is 3.75. The summed E-state index contributed by atoms with van der Waals surface area (Å²) in [5.41, 5.74) is 1.58. The Balaban J connectivity index is 1.91. The number of carbonyl (C=O) groups excluding carboxylic acids is 1. The molecule has 0 heterocycles. The molecule has 0 aromatic heterocycles. The molecule has 1 amide bonds. The first kappa shape index (κ1) is 14.4. The molecule has 0 aliphatic heterocycles. The number of nitrogens with one attached hydrogen (secondary N) is 1. The van der Waals surface area contributed by atoms with Gasteiger partial charge in [0.1, 0.15) is 5.75 Å². The summed E-state index contributed by atoms with van der Waals surface area (Å²) in [6.07, 6.45) is 0. The molecule has 4 heteroatoms. The molecular formula is C16H16ClNO2. The van der Waals surface area contributed by atoms with E-state index in [2.05, 4.69) is 5.32 Å². The Kier molecular flexibility index (Phi) is 5.02. The van der Waals surface area contributed by atoms with Gasteiger partial charge >= 0.3 is 0 Å². The van der Waals surface area contributed by atoms with Gasteiger partial charge in [-0.3, -0.25) is 4.79 Å². The number of halogens is 1. The van der Waals surface area contributed by atoms with Crippen LogP contribution in [0.4, 0.5) is 0 Å². The highest BCUT2D eigenvalue weighted by atomic mass is 35.5. The van der Waals surface area contributed by atoms with Crippen LogP contribution in [0.3, 0.4) is 0 Å². The van der Waals surface area contributed by atoms with Gasteiger partial charge in [-0.25, -0.2) is 0 Å². The zero-order valence-corrected chi connectivity index (χ0v) is 11.9. The monoisotopic (exact) mass is 289 g/mol. The maximum atomic E-state index is 12.0. The number of rotatable bonds is 5. The molecule has 2 rings (SSSR count). The Morgan fingerprint density at radius 2 is 1.80 bits per heavy atom. The highest BCUT2D eigenvalue weighted by Gasteiger charge is 2.10. The van der Waals surface area contributed by atoms with Crippen LogP contribution in [0.5, 0.6) is 5.75 Å². The first-order valence-electron chi connectivity index (χ1n) is 6.32. The molecule has 0 aliphatic rings. The molecule has 0 saturated carbocycles. The van der Waals surface area contributed by atoms with Crippen LogP contribution in [-0.2, 0) is 0 Å². The molecular weight excluding hydrogens is 274 g/mol. The molecule has 3 nitrogen and oxygen atoms in total. The molecule has 0 bridgehead atoms. The van der Waals surface area contributed by atoms with Crippen molar-refractivity contribution in [2.75, 3.05) is 13.7 Å². The number of ether oxygens (including phenoxy) is 1. The third-order valence-corrected chi connectivity index (χ3v) is 3.36.